The topological polar surface area (TPSA) is 8.81 Å². The molecule has 27 heavy (non-hydrogen) atoms. The van der Waals surface area contributed by atoms with Gasteiger partial charge in [0.1, 0.15) is 18.1 Å². The second-order valence-electron chi connectivity index (χ2n) is 6.73. The molecule has 1 heterocycles. The van der Waals surface area contributed by atoms with Crippen molar-refractivity contribution >= 4 is 0 Å². The van der Waals surface area contributed by atoms with E-state index in [4.69, 9.17) is 0 Å². The van der Waals surface area contributed by atoms with E-state index in [1.807, 2.05) is 13.8 Å². The fourth-order valence-corrected chi connectivity index (χ4v) is 3.14. The van der Waals surface area contributed by atoms with Gasteiger partial charge in [-0.3, -0.25) is 0 Å². The van der Waals surface area contributed by atoms with Gasteiger partial charge in [0.2, 0.25) is 0 Å². The summed E-state index contributed by atoms with van der Waals surface area (Å²) >= 11 is 0. The molecule has 0 aliphatic carbocycles. The zero-order valence-electron chi connectivity index (χ0n) is 18.0. The van der Waals surface area contributed by atoms with E-state index in [1.165, 1.54) is 47.6 Å². The van der Waals surface area contributed by atoms with E-state index in [0.29, 0.717) is 0 Å². The van der Waals surface area contributed by atoms with Gasteiger partial charge in [-0.25, -0.2) is 8.96 Å². The smallest absolute Gasteiger partial charge is 0.248 e. The van der Waals surface area contributed by atoms with E-state index in [0.717, 1.165) is 0 Å². The molecule has 0 fully saturated rings. The van der Waals surface area contributed by atoms with Crippen LogP contribution in [-0.2, 0) is 7.05 Å². The molecule has 3 aromatic rings. The van der Waals surface area contributed by atoms with Crippen LogP contribution >= 0.6 is 0 Å². The Balaban J connectivity index is 0.000000541. The van der Waals surface area contributed by atoms with Crippen LogP contribution in [0, 0.1) is 20.8 Å². The SMILES string of the molecule is CC.CC(C)F.Cc1cc(C)c(-n2cc[n+](C)c2-c2ccccc2)c(C)c1. The fourth-order valence-electron chi connectivity index (χ4n) is 3.14. The minimum Gasteiger partial charge on any atom is -0.248 e. The van der Waals surface area contributed by atoms with E-state index in [2.05, 4.69) is 91.8 Å². The van der Waals surface area contributed by atoms with Crippen LogP contribution in [0.4, 0.5) is 4.39 Å². The maximum atomic E-state index is 11.0. The Morgan fingerprint density at radius 2 is 1.41 bits per heavy atom. The van der Waals surface area contributed by atoms with Crippen molar-refractivity contribution in [2.24, 2.45) is 7.05 Å². The predicted molar refractivity (Wildman–Crippen MR) is 114 cm³/mol. The molecule has 0 aliphatic rings. The van der Waals surface area contributed by atoms with Crippen molar-refractivity contribution in [1.82, 2.24) is 4.57 Å². The molecular formula is C24H34FN2+. The van der Waals surface area contributed by atoms with E-state index in [-0.39, 0.29) is 0 Å². The highest BCUT2D eigenvalue weighted by atomic mass is 19.1. The lowest BCUT2D eigenvalue weighted by molar-refractivity contribution is -0.659. The van der Waals surface area contributed by atoms with Gasteiger partial charge in [-0.1, -0.05) is 49.7 Å². The van der Waals surface area contributed by atoms with Gasteiger partial charge in [-0.2, -0.15) is 4.57 Å². The van der Waals surface area contributed by atoms with E-state index < -0.39 is 6.17 Å². The van der Waals surface area contributed by atoms with Gasteiger partial charge < -0.3 is 0 Å². The van der Waals surface area contributed by atoms with Gasteiger partial charge in [0.15, 0.2) is 0 Å². The predicted octanol–water partition coefficient (Wildman–Crippen LogP) is 6.28. The van der Waals surface area contributed by atoms with Crippen molar-refractivity contribution in [3.8, 4) is 17.1 Å². The molecule has 0 amide bonds. The van der Waals surface area contributed by atoms with Crippen LogP contribution in [-0.4, -0.2) is 10.7 Å². The van der Waals surface area contributed by atoms with Crippen molar-refractivity contribution in [2.75, 3.05) is 0 Å². The highest BCUT2D eigenvalue weighted by molar-refractivity contribution is 5.59. The summed E-state index contributed by atoms with van der Waals surface area (Å²) in [6, 6.07) is 15.0. The first kappa shape index (κ1) is 22.6. The number of alkyl halides is 1. The van der Waals surface area contributed by atoms with Crippen molar-refractivity contribution < 1.29 is 8.96 Å². The Hall–Kier alpha value is -2.42. The first-order valence-corrected chi connectivity index (χ1v) is 9.66. The van der Waals surface area contributed by atoms with Gasteiger partial charge in [0, 0.05) is 0 Å². The quantitative estimate of drug-likeness (QED) is 0.470. The average Bonchev–Trinajstić information content (AvgIpc) is 2.97. The summed E-state index contributed by atoms with van der Waals surface area (Å²) in [6.45, 7) is 13.5. The highest BCUT2D eigenvalue weighted by Gasteiger charge is 2.21. The number of aromatic nitrogens is 2. The Labute approximate surface area is 164 Å². The third kappa shape index (κ3) is 6.06. The van der Waals surface area contributed by atoms with Crippen LogP contribution in [0.3, 0.4) is 0 Å². The molecule has 0 spiro atoms. The average molecular weight is 370 g/mol. The van der Waals surface area contributed by atoms with Crippen LogP contribution in [0.2, 0.25) is 0 Å². The van der Waals surface area contributed by atoms with Crippen LogP contribution in [0.1, 0.15) is 44.4 Å². The molecule has 0 radical (unpaired) electrons. The molecular weight excluding hydrogens is 335 g/mol. The maximum absolute atomic E-state index is 11.0. The third-order valence-electron chi connectivity index (χ3n) is 3.91. The number of imidazole rings is 1. The zero-order chi connectivity index (χ0) is 20.6. The summed E-state index contributed by atoms with van der Waals surface area (Å²) in [5.74, 6) is 1.20. The van der Waals surface area contributed by atoms with Crippen molar-refractivity contribution in [2.45, 2.75) is 54.6 Å². The molecule has 0 saturated carbocycles. The molecule has 2 nitrogen and oxygen atoms in total. The van der Waals surface area contributed by atoms with Gasteiger partial charge in [0.25, 0.3) is 5.82 Å². The summed E-state index contributed by atoms with van der Waals surface area (Å²) in [6.07, 6.45) is 3.59. The molecule has 0 atom stereocenters. The summed E-state index contributed by atoms with van der Waals surface area (Å²) in [7, 11) is 2.09. The monoisotopic (exact) mass is 369 g/mol. The molecule has 2 aromatic carbocycles. The summed E-state index contributed by atoms with van der Waals surface area (Å²) in [5, 5.41) is 0. The number of benzene rings is 2. The fraction of sp³-hybridized carbons (Fsp3) is 0.375. The third-order valence-corrected chi connectivity index (χ3v) is 3.91. The van der Waals surface area contributed by atoms with Crippen LogP contribution in [0.25, 0.3) is 17.1 Å². The zero-order valence-corrected chi connectivity index (χ0v) is 18.0. The number of nitrogens with zero attached hydrogens (tertiary/aromatic N) is 2. The molecule has 0 aliphatic heterocycles. The second-order valence-corrected chi connectivity index (χ2v) is 6.73. The Morgan fingerprint density at radius 3 is 1.89 bits per heavy atom. The minimum atomic E-state index is -0.667. The van der Waals surface area contributed by atoms with Gasteiger partial charge in [-0.05, 0) is 57.9 Å². The van der Waals surface area contributed by atoms with E-state index in [9.17, 15) is 4.39 Å². The normalized spacial score (nSPS) is 10.0. The van der Waals surface area contributed by atoms with E-state index >= 15 is 0 Å². The van der Waals surface area contributed by atoms with Gasteiger partial charge in [0.05, 0.1) is 18.8 Å². The lowest BCUT2D eigenvalue weighted by Crippen LogP contribution is -2.29. The number of aryl methyl sites for hydroxylation is 4. The number of hydrogen-bond acceptors (Lipinski definition) is 0. The van der Waals surface area contributed by atoms with Crippen molar-refractivity contribution in [3.05, 3.63) is 71.5 Å². The maximum Gasteiger partial charge on any atom is 0.293 e. The van der Waals surface area contributed by atoms with Crippen molar-refractivity contribution in [3.63, 3.8) is 0 Å². The lowest BCUT2D eigenvalue weighted by atomic mass is 10.0. The van der Waals surface area contributed by atoms with Gasteiger partial charge >= 0.3 is 0 Å². The van der Waals surface area contributed by atoms with Gasteiger partial charge in [-0.15, -0.1) is 0 Å². The summed E-state index contributed by atoms with van der Waals surface area (Å²) < 4.78 is 15.5. The standard InChI is InChI=1S/C19H21N2.C3H7F.C2H6/c1-14-12-15(2)18(16(3)13-14)21-11-10-20(4)19(21)17-8-6-5-7-9-17;1-3(2)4;1-2/h5-13H,1-4H3;3H,1-2H3;1-2H3/q+1;;. The first-order valence-electron chi connectivity index (χ1n) is 9.66. The number of halogens is 1. The molecule has 0 unspecified atom stereocenters. The van der Waals surface area contributed by atoms with Crippen molar-refractivity contribution in [1.29, 1.82) is 0 Å². The molecule has 1 aromatic heterocycles. The Morgan fingerprint density at radius 1 is 0.926 bits per heavy atom. The first-order chi connectivity index (χ1) is 12.8. The Kier molecular flexibility index (Phi) is 8.93. The van der Waals surface area contributed by atoms with Crippen LogP contribution < -0.4 is 4.57 Å². The summed E-state index contributed by atoms with van der Waals surface area (Å²) in [5.41, 5.74) is 6.43. The minimum absolute atomic E-state index is 0.667. The number of rotatable bonds is 2. The highest BCUT2D eigenvalue weighted by Crippen LogP contribution is 2.25. The summed E-state index contributed by atoms with van der Waals surface area (Å²) in [4.78, 5) is 0. The van der Waals surface area contributed by atoms with Crippen LogP contribution in [0.5, 0.6) is 0 Å². The largest absolute Gasteiger partial charge is 0.293 e. The molecule has 146 valence electrons. The molecule has 0 bridgehead atoms. The Bertz CT molecular complexity index is 807. The molecule has 3 rings (SSSR count). The molecule has 0 saturated heterocycles. The number of hydrogen-bond donors (Lipinski definition) is 0. The molecule has 0 N–H and O–H groups in total. The van der Waals surface area contributed by atoms with Crippen LogP contribution in [0.15, 0.2) is 54.9 Å². The second kappa shape index (κ2) is 10.7. The molecule has 3 heteroatoms. The van der Waals surface area contributed by atoms with E-state index in [1.54, 1.807) is 0 Å². The lowest BCUT2D eigenvalue weighted by Gasteiger charge is -2.10.